The normalized spacial score (nSPS) is 11.6. The number of thioether (sulfide) groups is 1. The standard InChI is InChI=1S/C20H23NO6S/c1-13-8-18(25-3)19(26-4)10-16(13)11-28-12-20(22)27-14(2)15-6-5-7-17(9-15)21(23)24/h5-10,14H,11-12H2,1-4H3/t14-/m1/s1. The highest BCUT2D eigenvalue weighted by molar-refractivity contribution is 7.99. The highest BCUT2D eigenvalue weighted by Gasteiger charge is 2.15. The van der Waals surface area contributed by atoms with E-state index < -0.39 is 11.0 Å². The van der Waals surface area contributed by atoms with Crippen molar-refractivity contribution in [2.24, 2.45) is 0 Å². The van der Waals surface area contributed by atoms with Gasteiger partial charge in [-0.05, 0) is 42.7 Å². The number of carbonyl (C=O) groups excluding carboxylic acids is 1. The Morgan fingerprint density at radius 2 is 1.86 bits per heavy atom. The molecule has 0 fully saturated rings. The molecule has 2 aromatic rings. The number of hydrogen-bond donors (Lipinski definition) is 0. The molecule has 0 spiro atoms. The molecular formula is C20H23NO6S. The summed E-state index contributed by atoms with van der Waals surface area (Å²) in [6.07, 6.45) is -0.559. The molecule has 2 rings (SSSR count). The van der Waals surface area contributed by atoms with Crippen LogP contribution in [-0.2, 0) is 15.3 Å². The summed E-state index contributed by atoms with van der Waals surface area (Å²) < 4.78 is 16.0. The highest BCUT2D eigenvalue weighted by atomic mass is 32.2. The molecule has 0 N–H and O–H groups in total. The fourth-order valence-corrected chi connectivity index (χ4v) is 3.48. The lowest BCUT2D eigenvalue weighted by Gasteiger charge is -2.14. The van der Waals surface area contributed by atoms with Crippen molar-refractivity contribution in [1.29, 1.82) is 0 Å². The van der Waals surface area contributed by atoms with E-state index in [0.29, 0.717) is 22.8 Å². The first-order valence-corrected chi connectivity index (χ1v) is 9.74. The number of esters is 1. The number of rotatable bonds is 9. The molecule has 0 aliphatic carbocycles. The summed E-state index contributed by atoms with van der Waals surface area (Å²) in [5.74, 6) is 1.73. The monoisotopic (exact) mass is 405 g/mol. The largest absolute Gasteiger partial charge is 0.493 e. The number of benzene rings is 2. The van der Waals surface area contributed by atoms with Crippen LogP contribution in [0.5, 0.6) is 11.5 Å². The van der Waals surface area contributed by atoms with E-state index >= 15 is 0 Å². The topological polar surface area (TPSA) is 87.9 Å². The minimum absolute atomic E-state index is 0.0290. The van der Waals surface area contributed by atoms with Gasteiger partial charge in [-0.3, -0.25) is 14.9 Å². The smallest absolute Gasteiger partial charge is 0.316 e. The van der Waals surface area contributed by atoms with Crippen LogP contribution < -0.4 is 9.47 Å². The molecule has 1 atom stereocenters. The molecule has 0 aromatic heterocycles. The van der Waals surface area contributed by atoms with E-state index in [2.05, 4.69) is 0 Å². The Morgan fingerprint density at radius 1 is 1.18 bits per heavy atom. The zero-order valence-corrected chi connectivity index (χ0v) is 17.1. The number of methoxy groups -OCH3 is 2. The summed E-state index contributed by atoms with van der Waals surface area (Å²) >= 11 is 1.43. The van der Waals surface area contributed by atoms with E-state index in [9.17, 15) is 14.9 Å². The van der Waals surface area contributed by atoms with Gasteiger partial charge in [-0.25, -0.2) is 0 Å². The van der Waals surface area contributed by atoms with E-state index in [0.717, 1.165) is 11.1 Å². The SMILES string of the molecule is COc1cc(C)c(CSCC(=O)O[C@H](C)c2cccc([N+](=O)[O-])c2)cc1OC. The third-order valence-electron chi connectivity index (χ3n) is 4.18. The Labute approximate surface area is 168 Å². The van der Waals surface area contributed by atoms with Crippen molar-refractivity contribution in [3.63, 3.8) is 0 Å². The number of non-ortho nitro benzene ring substituents is 1. The van der Waals surface area contributed by atoms with E-state index in [4.69, 9.17) is 14.2 Å². The number of carbonyl (C=O) groups is 1. The molecule has 2 aromatic carbocycles. The molecule has 0 saturated heterocycles. The predicted octanol–water partition coefficient (Wildman–Crippen LogP) is 4.46. The molecule has 0 unspecified atom stereocenters. The second-order valence-electron chi connectivity index (χ2n) is 6.11. The van der Waals surface area contributed by atoms with Gasteiger partial charge in [-0.15, -0.1) is 11.8 Å². The number of aryl methyl sites for hydroxylation is 1. The summed E-state index contributed by atoms with van der Waals surface area (Å²) in [6, 6.07) is 9.89. The van der Waals surface area contributed by atoms with Gasteiger partial charge in [0.1, 0.15) is 6.10 Å². The van der Waals surface area contributed by atoms with E-state index in [1.165, 1.54) is 23.9 Å². The van der Waals surface area contributed by atoms with Gasteiger partial charge in [-0.2, -0.15) is 0 Å². The van der Waals surface area contributed by atoms with E-state index in [1.807, 2.05) is 19.1 Å². The molecule has 8 heteroatoms. The van der Waals surface area contributed by atoms with Gasteiger partial charge >= 0.3 is 5.97 Å². The minimum atomic E-state index is -0.559. The summed E-state index contributed by atoms with van der Waals surface area (Å²) in [4.78, 5) is 22.5. The van der Waals surface area contributed by atoms with Crippen molar-refractivity contribution in [2.75, 3.05) is 20.0 Å². The third-order valence-corrected chi connectivity index (χ3v) is 5.13. The maximum absolute atomic E-state index is 12.1. The molecule has 0 saturated carbocycles. The van der Waals surface area contributed by atoms with Gasteiger partial charge < -0.3 is 14.2 Å². The average Bonchev–Trinajstić information content (AvgIpc) is 2.68. The first-order chi connectivity index (χ1) is 13.3. The number of nitrogens with zero attached hydrogens (tertiary/aromatic N) is 1. The second-order valence-corrected chi connectivity index (χ2v) is 7.10. The lowest BCUT2D eigenvalue weighted by Crippen LogP contribution is -2.11. The van der Waals surface area contributed by atoms with Crippen LogP contribution in [0.15, 0.2) is 36.4 Å². The molecule has 28 heavy (non-hydrogen) atoms. The maximum Gasteiger partial charge on any atom is 0.316 e. The van der Waals surface area contributed by atoms with Crippen LogP contribution >= 0.6 is 11.8 Å². The average molecular weight is 405 g/mol. The van der Waals surface area contributed by atoms with Gasteiger partial charge in [0.15, 0.2) is 11.5 Å². The summed E-state index contributed by atoms with van der Waals surface area (Å²) in [6.45, 7) is 3.67. The van der Waals surface area contributed by atoms with E-state index in [-0.39, 0.29) is 17.4 Å². The minimum Gasteiger partial charge on any atom is -0.493 e. The second kappa shape index (κ2) is 9.98. The lowest BCUT2D eigenvalue weighted by molar-refractivity contribution is -0.385. The van der Waals surface area contributed by atoms with Gasteiger partial charge in [0, 0.05) is 17.9 Å². The number of ether oxygens (including phenoxy) is 3. The van der Waals surface area contributed by atoms with Crippen molar-refractivity contribution in [3.05, 3.63) is 63.2 Å². The zero-order valence-electron chi connectivity index (χ0n) is 16.3. The van der Waals surface area contributed by atoms with Crippen LogP contribution in [0.3, 0.4) is 0 Å². The maximum atomic E-state index is 12.1. The van der Waals surface area contributed by atoms with Gasteiger partial charge in [0.2, 0.25) is 0 Å². The summed E-state index contributed by atoms with van der Waals surface area (Å²) in [7, 11) is 3.17. The predicted molar refractivity (Wildman–Crippen MR) is 108 cm³/mol. The van der Waals surface area contributed by atoms with Crippen molar-refractivity contribution in [1.82, 2.24) is 0 Å². The van der Waals surface area contributed by atoms with Crippen LogP contribution in [0, 0.1) is 17.0 Å². The number of nitro groups is 1. The Morgan fingerprint density at radius 3 is 2.50 bits per heavy atom. The Balaban J connectivity index is 1.91. The van der Waals surface area contributed by atoms with Gasteiger partial charge in [0.05, 0.1) is 24.9 Å². The molecule has 0 amide bonds. The number of hydrogen-bond acceptors (Lipinski definition) is 7. The van der Waals surface area contributed by atoms with Crippen molar-refractivity contribution in [3.8, 4) is 11.5 Å². The molecule has 0 radical (unpaired) electrons. The first-order valence-electron chi connectivity index (χ1n) is 8.58. The van der Waals surface area contributed by atoms with Crippen molar-refractivity contribution in [2.45, 2.75) is 25.7 Å². The molecule has 0 aliphatic rings. The van der Waals surface area contributed by atoms with Gasteiger partial charge in [0.25, 0.3) is 5.69 Å². The van der Waals surface area contributed by atoms with Crippen LogP contribution in [0.1, 0.15) is 29.7 Å². The van der Waals surface area contributed by atoms with Crippen LogP contribution in [-0.4, -0.2) is 30.9 Å². The molecule has 7 nitrogen and oxygen atoms in total. The summed E-state index contributed by atoms with van der Waals surface area (Å²) in [5, 5.41) is 10.9. The fourth-order valence-electron chi connectivity index (χ4n) is 2.61. The third kappa shape index (κ3) is 5.63. The van der Waals surface area contributed by atoms with Crippen molar-refractivity contribution < 1.29 is 23.9 Å². The van der Waals surface area contributed by atoms with Crippen molar-refractivity contribution >= 4 is 23.4 Å². The Bertz CT molecular complexity index is 855. The molecule has 0 heterocycles. The molecule has 150 valence electrons. The van der Waals surface area contributed by atoms with Crippen LogP contribution in [0.25, 0.3) is 0 Å². The lowest BCUT2D eigenvalue weighted by atomic mass is 10.1. The fraction of sp³-hybridized carbons (Fsp3) is 0.350. The highest BCUT2D eigenvalue weighted by Crippen LogP contribution is 2.32. The first kappa shape index (κ1) is 21.6. The summed E-state index contributed by atoms with van der Waals surface area (Å²) in [5.41, 5.74) is 2.65. The Hall–Kier alpha value is -2.74. The van der Waals surface area contributed by atoms with Gasteiger partial charge in [-0.1, -0.05) is 12.1 Å². The molecule has 0 bridgehead atoms. The van der Waals surface area contributed by atoms with Crippen LogP contribution in [0.4, 0.5) is 5.69 Å². The quantitative estimate of drug-likeness (QED) is 0.346. The molecule has 0 aliphatic heterocycles. The number of nitro benzene ring substituents is 1. The van der Waals surface area contributed by atoms with Crippen LogP contribution in [0.2, 0.25) is 0 Å². The van der Waals surface area contributed by atoms with E-state index in [1.54, 1.807) is 33.3 Å². The zero-order chi connectivity index (χ0) is 20.7. The molecular weight excluding hydrogens is 382 g/mol. The Kier molecular flexibility index (Phi) is 7.69.